The molecule has 11 heteroatoms. The number of nitrogens with one attached hydrogen (secondary N) is 2. The molecule has 2 heterocycles. The Labute approximate surface area is 173 Å². The fourth-order valence-electron chi connectivity index (χ4n) is 2.85. The maximum atomic E-state index is 12.7. The van der Waals surface area contributed by atoms with Crippen molar-refractivity contribution in [3.8, 4) is 0 Å². The third-order valence-corrected chi connectivity index (χ3v) is 4.34. The summed E-state index contributed by atoms with van der Waals surface area (Å²) < 4.78 is 31.7. The van der Waals surface area contributed by atoms with Crippen LogP contribution in [-0.2, 0) is 11.3 Å². The van der Waals surface area contributed by atoms with Crippen molar-refractivity contribution in [3.63, 3.8) is 0 Å². The minimum Gasteiger partial charge on any atom is -0.475 e. The summed E-state index contributed by atoms with van der Waals surface area (Å²) in [6.45, 7) is 2.44. The van der Waals surface area contributed by atoms with E-state index in [1.165, 1.54) is 5.56 Å². The Morgan fingerprint density at radius 2 is 1.81 bits per heavy atom. The summed E-state index contributed by atoms with van der Waals surface area (Å²) in [5.41, 5.74) is 4.34. The highest BCUT2D eigenvalue weighted by Crippen LogP contribution is 2.18. The maximum absolute atomic E-state index is 12.7. The molecule has 4 rings (SSSR count). The first kappa shape index (κ1) is 21.8. The van der Waals surface area contributed by atoms with Gasteiger partial charge in [0.2, 0.25) is 0 Å². The van der Waals surface area contributed by atoms with Gasteiger partial charge < -0.3 is 15.0 Å². The summed E-state index contributed by atoms with van der Waals surface area (Å²) in [4.78, 5) is 31.0. The molecule has 0 radical (unpaired) electrons. The number of hydrogen-bond acceptors (Lipinski definition) is 4. The third-order valence-electron chi connectivity index (χ3n) is 4.34. The number of aromatic nitrogens is 4. The van der Waals surface area contributed by atoms with Gasteiger partial charge in [-0.3, -0.25) is 9.89 Å². The number of benzene rings is 2. The van der Waals surface area contributed by atoms with Gasteiger partial charge in [0.25, 0.3) is 5.91 Å². The lowest BCUT2D eigenvalue weighted by Crippen LogP contribution is -2.27. The van der Waals surface area contributed by atoms with Crippen LogP contribution in [0.2, 0.25) is 0 Å². The van der Waals surface area contributed by atoms with E-state index in [1.54, 1.807) is 11.9 Å². The lowest BCUT2D eigenvalue weighted by molar-refractivity contribution is -0.192. The number of H-pyrrole nitrogens is 2. The SMILES string of the molecule is Cc1ccc2nc(CN(C)C(=O)c3n[nH]c4ccccc34)[nH]c2c1.O=C(O)C(F)(F)F. The van der Waals surface area contributed by atoms with Crippen molar-refractivity contribution < 1.29 is 27.9 Å². The molecule has 0 atom stereocenters. The normalized spacial score (nSPS) is 11.3. The number of aliphatic carboxylic acids is 1. The van der Waals surface area contributed by atoms with E-state index in [4.69, 9.17) is 9.90 Å². The zero-order valence-electron chi connectivity index (χ0n) is 16.5. The summed E-state index contributed by atoms with van der Waals surface area (Å²) in [5, 5.41) is 15.0. The van der Waals surface area contributed by atoms with E-state index in [0.717, 1.165) is 27.8 Å². The van der Waals surface area contributed by atoms with Crippen LogP contribution in [-0.4, -0.2) is 55.3 Å². The zero-order chi connectivity index (χ0) is 22.8. The van der Waals surface area contributed by atoms with Gasteiger partial charge in [0.15, 0.2) is 5.69 Å². The highest BCUT2D eigenvalue weighted by Gasteiger charge is 2.38. The number of alkyl halides is 3. The van der Waals surface area contributed by atoms with Gasteiger partial charge in [0, 0.05) is 12.4 Å². The Morgan fingerprint density at radius 1 is 1.13 bits per heavy atom. The maximum Gasteiger partial charge on any atom is 0.490 e. The minimum absolute atomic E-state index is 0.135. The molecule has 162 valence electrons. The quantitative estimate of drug-likeness (QED) is 0.456. The number of carboxylic acid groups (broad SMARTS) is 1. The van der Waals surface area contributed by atoms with Crippen molar-refractivity contribution >= 4 is 33.8 Å². The molecule has 0 bridgehead atoms. The number of nitrogens with zero attached hydrogens (tertiary/aromatic N) is 3. The van der Waals surface area contributed by atoms with Gasteiger partial charge in [-0.15, -0.1) is 0 Å². The Kier molecular flexibility index (Phi) is 5.95. The average molecular weight is 433 g/mol. The van der Waals surface area contributed by atoms with E-state index in [2.05, 4.69) is 26.2 Å². The number of rotatable bonds is 3. The molecule has 0 aliphatic rings. The molecule has 2 aromatic carbocycles. The van der Waals surface area contributed by atoms with Crippen LogP contribution >= 0.6 is 0 Å². The second kappa shape index (κ2) is 8.46. The van der Waals surface area contributed by atoms with Crippen molar-refractivity contribution in [1.29, 1.82) is 0 Å². The molecule has 31 heavy (non-hydrogen) atoms. The van der Waals surface area contributed by atoms with E-state index < -0.39 is 12.1 Å². The van der Waals surface area contributed by atoms with E-state index >= 15 is 0 Å². The van der Waals surface area contributed by atoms with Crippen LogP contribution in [0.25, 0.3) is 21.9 Å². The second-order valence-corrected chi connectivity index (χ2v) is 6.79. The van der Waals surface area contributed by atoms with Crippen LogP contribution in [0.5, 0.6) is 0 Å². The molecule has 1 amide bonds. The third kappa shape index (κ3) is 5.00. The molecule has 3 N–H and O–H groups in total. The molecular formula is C20H18F3N5O3. The predicted molar refractivity (Wildman–Crippen MR) is 106 cm³/mol. The number of hydrogen-bond donors (Lipinski definition) is 3. The summed E-state index contributed by atoms with van der Waals surface area (Å²) in [5.74, 6) is -2.14. The van der Waals surface area contributed by atoms with Crippen molar-refractivity contribution in [1.82, 2.24) is 25.1 Å². The van der Waals surface area contributed by atoms with Crippen molar-refractivity contribution in [2.75, 3.05) is 7.05 Å². The Hall–Kier alpha value is -3.89. The van der Waals surface area contributed by atoms with E-state index in [0.29, 0.717) is 12.2 Å². The summed E-state index contributed by atoms with van der Waals surface area (Å²) in [6, 6.07) is 13.7. The molecule has 4 aromatic rings. The van der Waals surface area contributed by atoms with E-state index in [9.17, 15) is 18.0 Å². The van der Waals surface area contributed by atoms with E-state index in [1.807, 2.05) is 43.3 Å². The largest absolute Gasteiger partial charge is 0.490 e. The van der Waals surface area contributed by atoms with E-state index in [-0.39, 0.29) is 5.91 Å². The van der Waals surface area contributed by atoms with Gasteiger partial charge in [-0.1, -0.05) is 24.3 Å². The van der Waals surface area contributed by atoms with Gasteiger partial charge >= 0.3 is 12.1 Å². The zero-order valence-corrected chi connectivity index (χ0v) is 16.5. The number of carboxylic acids is 1. The van der Waals surface area contributed by atoms with Crippen LogP contribution in [0.3, 0.4) is 0 Å². The number of carbonyl (C=O) groups is 2. The number of aromatic amines is 2. The smallest absolute Gasteiger partial charge is 0.475 e. The molecule has 8 nitrogen and oxygen atoms in total. The standard InChI is InChI=1S/C18H17N5O.C2HF3O2/c1-11-7-8-14-15(9-11)20-16(19-14)10-23(2)18(24)17-12-5-3-4-6-13(12)21-22-17;3-2(4,5)1(6)7/h3-9H,10H2,1-2H3,(H,19,20)(H,21,22);(H,6,7). The van der Waals surface area contributed by atoms with Crippen LogP contribution in [0.4, 0.5) is 13.2 Å². The summed E-state index contributed by atoms with van der Waals surface area (Å²) in [6.07, 6.45) is -5.08. The topological polar surface area (TPSA) is 115 Å². The van der Waals surface area contributed by atoms with Crippen LogP contribution in [0, 0.1) is 6.92 Å². The first-order valence-electron chi connectivity index (χ1n) is 9.00. The molecule has 0 aliphatic heterocycles. The lowest BCUT2D eigenvalue weighted by Gasteiger charge is -2.14. The molecule has 2 aromatic heterocycles. The fourth-order valence-corrected chi connectivity index (χ4v) is 2.85. The van der Waals surface area contributed by atoms with Gasteiger partial charge in [-0.25, -0.2) is 9.78 Å². The van der Waals surface area contributed by atoms with Gasteiger partial charge in [0.05, 0.1) is 23.1 Å². The van der Waals surface area contributed by atoms with Crippen LogP contribution in [0.1, 0.15) is 21.9 Å². The number of fused-ring (bicyclic) bond motifs is 2. The fraction of sp³-hybridized carbons (Fsp3) is 0.200. The summed E-state index contributed by atoms with van der Waals surface area (Å²) >= 11 is 0. The highest BCUT2D eigenvalue weighted by molar-refractivity contribution is 6.04. The number of para-hydroxylation sites is 1. The van der Waals surface area contributed by atoms with Crippen LogP contribution < -0.4 is 0 Å². The lowest BCUT2D eigenvalue weighted by atomic mass is 10.2. The molecule has 0 unspecified atom stereocenters. The van der Waals surface area contributed by atoms with Crippen molar-refractivity contribution in [2.45, 2.75) is 19.6 Å². The average Bonchev–Trinajstić information content (AvgIpc) is 3.30. The Morgan fingerprint density at radius 3 is 2.48 bits per heavy atom. The number of carbonyl (C=O) groups excluding carboxylic acids is 1. The summed E-state index contributed by atoms with van der Waals surface area (Å²) in [7, 11) is 1.75. The predicted octanol–water partition coefficient (Wildman–Crippen LogP) is 3.65. The number of imidazole rings is 1. The second-order valence-electron chi connectivity index (χ2n) is 6.79. The first-order valence-corrected chi connectivity index (χ1v) is 9.00. The monoisotopic (exact) mass is 433 g/mol. The molecule has 0 saturated heterocycles. The number of amides is 1. The Bertz CT molecular complexity index is 1250. The van der Waals surface area contributed by atoms with Gasteiger partial charge in [-0.05, 0) is 30.7 Å². The molecule has 0 aliphatic carbocycles. The minimum atomic E-state index is -5.08. The molecule has 0 saturated carbocycles. The van der Waals surface area contributed by atoms with Crippen molar-refractivity contribution in [2.24, 2.45) is 0 Å². The van der Waals surface area contributed by atoms with Gasteiger partial charge in [0.1, 0.15) is 5.82 Å². The first-order chi connectivity index (χ1) is 14.6. The molecular weight excluding hydrogens is 415 g/mol. The molecule has 0 spiro atoms. The number of halogens is 3. The highest BCUT2D eigenvalue weighted by atomic mass is 19.4. The van der Waals surface area contributed by atoms with Crippen LogP contribution in [0.15, 0.2) is 42.5 Å². The number of aryl methyl sites for hydroxylation is 1. The van der Waals surface area contributed by atoms with Gasteiger partial charge in [-0.2, -0.15) is 18.3 Å². The molecule has 0 fully saturated rings. The Balaban J connectivity index is 0.000000339. The van der Waals surface area contributed by atoms with Crippen molar-refractivity contribution in [3.05, 3.63) is 59.5 Å².